The fourth-order valence-corrected chi connectivity index (χ4v) is 4.08. The summed E-state index contributed by atoms with van der Waals surface area (Å²) in [6.07, 6.45) is 3.17. The first-order chi connectivity index (χ1) is 17.0. The summed E-state index contributed by atoms with van der Waals surface area (Å²) < 4.78 is 11.1. The molecule has 0 radical (unpaired) electrons. The lowest BCUT2D eigenvalue weighted by Gasteiger charge is -2.18. The number of rotatable bonds is 8. The van der Waals surface area contributed by atoms with E-state index in [1.165, 1.54) is 19.2 Å². The quantitative estimate of drug-likeness (QED) is 0.426. The Morgan fingerprint density at radius 2 is 1.83 bits per heavy atom. The number of carbonyl (C=O) groups excluding carboxylic acids is 2. The summed E-state index contributed by atoms with van der Waals surface area (Å²) in [7, 11) is 1.51. The van der Waals surface area contributed by atoms with Crippen molar-refractivity contribution in [1.29, 1.82) is 0 Å². The Morgan fingerprint density at radius 1 is 1.03 bits per heavy atom. The van der Waals surface area contributed by atoms with Crippen molar-refractivity contribution in [3.63, 3.8) is 0 Å². The van der Waals surface area contributed by atoms with Crippen LogP contribution in [0.2, 0.25) is 0 Å². The lowest BCUT2D eigenvalue weighted by molar-refractivity contribution is 0.0930. The van der Waals surface area contributed by atoms with Crippen molar-refractivity contribution in [3.05, 3.63) is 89.0 Å². The van der Waals surface area contributed by atoms with Gasteiger partial charge < -0.3 is 25.2 Å². The highest BCUT2D eigenvalue weighted by atomic mass is 16.5. The van der Waals surface area contributed by atoms with Gasteiger partial charge in [-0.1, -0.05) is 42.8 Å². The first kappa shape index (κ1) is 24.3. The highest BCUT2D eigenvalue weighted by Crippen LogP contribution is 2.26. The molecule has 4 rings (SSSR count). The van der Waals surface area contributed by atoms with Crippen LogP contribution in [-0.4, -0.2) is 43.0 Å². The molecule has 7 heteroatoms. The fourth-order valence-electron chi connectivity index (χ4n) is 4.08. The van der Waals surface area contributed by atoms with Crippen LogP contribution in [0.3, 0.4) is 0 Å². The van der Waals surface area contributed by atoms with Gasteiger partial charge in [0.1, 0.15) is 23.9 Å². The second-order valence-corrected chi connectivity index (χ2v) is 8.56. The number of methoxy groups -OCH3 is 1. The van der Waals surface area contributed by atoms with Crippen molar-refractivity contribution in [2.24, 2.45) is 0 Å². The maximum absolute atomic E-state index is 12.9. The second-order valence-electron chi connectivity index (χ2n) is 8.56. The van der Waals surface area contributed by atoms with Crippen LogP contribution in [0.5, 0.6) is 17.2 Å². The molecule has 3 N–H and O–H groups in total. The van der Waals surface area contributed by atoms with Gasteiger partial charge in [-0.3, -0.25) is 9.59 Å². The van der Waals surface area contributed by atoms with Crippen molar-refractivity contribution in [1.82, 2.24) is 10.6 Å². The Labute approximate surface area is 205 Å². The largest absolute Gasteiger partial charge is 0.507 e. The SMILES string of the molecule is COc1ccc(O)c(C(=O)c2ccc(COc3ccccc3C(=O)NC3CCCCNC3)cc2)c1. The summed E-state index contributed by atoms with van der Waals surface area (Å²) in [5.41, 5.74) is 1.96. The normalized spacial score (nSPS) is 15.6. The van der Waals surface area contributed by atoms with Gasteiger partial charge >= 0.3 is 0 Å². The van der Waals surface area contributed by atoms with Crippen LogP contribution in [-0.2, 0) is 6.61 Å². The molecule has 0 saturated carbocycles. The number of aromatic hydroxyl groups is 1. The molecular formula is C28H30N2O5. The maximum Gasteiger partial charge on any atom is 0.255 e. The van der Waals surface area contributed by atoms with E-state index in [0.29, 0.717) is 22.6 Å². The van der Waals surface area contributed by atoms with E-state index >= 15 is 0 Å². The van der Waals surface area contributed by atoms with Crippen LogP contribution in [0.1, 0.15) is 51.1 Å². The summed E-state index contributed by atoms with van der Waals surface area (Å²) in [4.78, 5) is 25.7. The van der Waals surface area contributed by atoms with Gasteiger partial charge in [-0.2, -0.15) is 0 Å². The van der Waals surface area contributed by atoms with E-state index in [1.54, 1.807) is 42.5 Å². The van der Waals surface area contributed by atoms with Gasteiger partial charge in [0.2, 0.25) is 0 Å². The summed E-state index contributed by atoms with van der Waals surface area (Å²) in [6.45, 7) is 2.00. The molecule has 1 atom stereocenters. The summed E-state index contributed by atoms with van der Waals surface area (Å²) in [6, 6.07) is 18.8. The van der Waals surface area contributed by atoms with Crippen LogP contribution in [0, 0.1) is 0 Å². The number of carbonyl (C=O) groups is 2. The average Bonchev–Trinajstić information content (AvgIpc) is 3.16. The summed E-state index contributed by atoms with van der Waals surface area (Å²) >= 11 is 0. The third-order valence-electron chi connectivity index (χ3n) is 6.07. The third kappa shape index (κ3) is 6.19. The number of nitrogens with one attached hydrogen (secondary N) is 2. The van der Waals surface area contributed by atoms with Crippen LogP contribution in [0.25, 0.3) is 0 Å². The number of ether oxygens (including phenoxy) is 2. The van der Waals surface area contributed by atoms with Gasteiger partial charge in [0.25, 0.3) is 5.91 Å². The van der Waals surface area contributed by atoms with Crippen molar-refractivity contribution in [3.8, 4) is 17.2 Å². The van der Waals surface area contributed by atoms with Gasteiger partial charge in [0.15, 0.2) is 5.78 Å². The summed E-state index contributed by atoms with van der Waals surface area (Å²) in [5.74, 6) is 0.456. The molecule has 3 aromatic carbocycles. The topological polar surface area (TPSA) is 96.9 Å². The number of amides is 1. The molecule has 0 aliphatic carbocycles. The molecule has 182 valence electrons. The smallest absolute Gasteiger partial charge is 0.255 e. The molecule has 0 aromatic heterocycles. The lowest BCUT2D eigenvalue weighted by Crippen LogP contribution is -2.40. The molecule has 1 unspecified atom stereocenters. The van der Waals surface area contributed by atoms with Gasteiger partial charge in [-0.25, -0.2) is 0 Å². The van der Waals surface area contributed by atoms with Crippen molar-refractivity contribution < 1.29 is 24.2 Å². The average molecular weight is 475 g/mol. The van der Waals surface area contributed by atoms with Gasteiger partial charge in [-0.05, 0) is 55.3 Å². The zero-order valence-corrected chi connectivity index (χ0v) is 19.8. The Morgan fingerprint density at radius 3 is 2.63 bits per heavy atom. The molecule has 3 aromatic rings. The molecule has 1 heterocycles. The molecule has 35 heavy (non-hydrogen) atoms. The predicted octanol–water partition coefficient (Wildman–Crippen LogP) is 4.08. The number of benzene rings is 3. The van der Waals surface area contributed by atoms with E-state index in [9.17, 15) is 14.7 Å². The van der Waals surface area contributed by atoms with Gasteiger partial charge in [0, 0.05) is 18.2 Å². The second kappa shape index (κ2) is 11.5. The number of phenols is 1. The molecule has 1 fully saturated rings. The minimum atomic E-state index is -0.302. The molecule has 0 spiro atoms. The highest BCUT2D eigenvalue weighted by molar-refractivity contribution is 6.10. The van der Waals surface area contributed by atoms with Crippen molar-refractivity contribution in [2.45, 2.75) is 31.9 Å². The van der Waals surface area contributed by atoms with Crippen LogP contribution in [0.15, 0.2) is 66.7 Å². The minimum absolute atomic E-state index is 0.0993. The Kier molecular flexibility index (Phi) is 8.00. The zero-order chi connectivity index (χ0) is 24.6. The Bertz CT molecular complexity index is 1170. The van der Waals surface area contributed by atoms with E-state index in [2.05, 4.69) is 10.6 Å². The third-order valence-corrected chi connectivity index (χ3v) is 6.07. The maximum atomic E-state index is 12.9. The van der Waals surface area contributed by atoms with Crippen molar-refractivity contribution >= 4 is 11.7 Å². The predicted molar refractivity (Wildman–Crippen MR) is 133 cm³/mol. The first-order valence-corrected chi connectivity index (χ1v) is 11.8. The molecule has 7 nitrogen and oxygen atoms in total. The van der Waals surface area contributed by atoms with E-state index in [1.807, 2.05) is 12.1 Å². The molecule has 1 aliphatic rings. The lowest BCUT2D eigenvalue weighted by atomic mass is 10.0. The molecule has 1 saturated heterocycles. The molecule has 1 amide bonds. The monoisotopic (exact) mass is 474 g/mol. The minimum Gasteiger partial charge on any atom is -0.507 e. The van der Waals surface area contributed by atoms with E-state index in [0.717, 1.165) is 37.9 Å². The number of hydrogen-bond acceptors (Lipinski definition) is 6. The van der Waals surface area contributed by atoms with Gasteiger partial charge in [-0.15, -0.1) is 0 Å². The van der Waals surface area contributed by atoms with E-state index < -0.39 is 0 Å². The van der Waals surface area contributed by atoms with Crippen LogP contribution in [0.4, 0.5) is 0 Å². The number of ketones is 1. The number of phenolic OH excluding ortho intramolecular Hbond substituents is 1. The first-order valence-electron chi connectivity index (χ1n) is 11.8. The Balaban J connectivity index is 1.41. The number of para-hydroxylation sites is 1. The van der Waals surface area contributed by atoms with Gasteiger partial charge in [0.05, 0.1) is 18.2 Å². The standard InChI is InChI=1S/C28H30N2O5/c1-34-22-13-14-25(31)24(16-22)27(32)20-11-9-19(10-12-20)18-35-26-8-3-2-7-23(26)28(33)30-21-6-4-5-15-29-17-21/h2-3,7-14,16,21,29,31H,4-6,15,17-18H2,1H3,(H,30,33). The number of hydrogen-bond donors (Lipinski definition) is 3. The van der Waals surface area contributed by atoms with E-state index in [4.69, 9.17) is 9.47 Å². The van der Waals surface area contributed by atoms with E-state index in [-0.39, 0.29) is 35.7 Å². The van der Waals surface area contributed by atoms with Crippen LogP contribution < -0.4 is 20.1 Å². The zero-order valence-electron chi connectivity index (χ0n) is 19.8. The summed E-state index contributed by atoms with van der Waals surface area (Å²) in [5, 5.41) is 16.6. The van der Waals surface area contributed by atoms with Crippen molar-refractivity contribution in [2.75, 3.05) is 20.2 Å². The molecule has 1 aliphatic heterocycles. The Hall–Kier alpha value is -3.84. The molecular weight excluding hydrogens is 444 g/mol. The molecule has 0 bridgehead atoms. The highest BCUT2D eigenvalue weighted by Gasteiger charge is 2.19. The van der Waals surface area contributed by atoms with Crippen LogP contribution >= 0.6 is 0 Å². The fraction of sp³-hybridized carbons (Fsp3) is 0.286.